The molecule has 1 aromatic heterocycles. The monoisotopic (exact) mass is 399 g/mol. The summed E-state index contributed by atoms with van der Waals surface area (Å²) in [6, 6.07) is 7.44. The fraction of sp³-hybridized carbons (Fsp3) is 0.421. The van der Waals surface area contributed by atoms with Crippen LogP contribution in [0.4, 0.5) is 27.9 Å². The summed E-state index contributed by atoms with van der Waals surface area (Å²) >= 11 is 0. The number of rotatable bonds is 6. The van der Waals surface area contributed by atoms with E-state index >= 15 is 0 Å². The second-order valence-corrected chi connectivity index (χ2v) is 6.66. The number of amides is 2. The molecule has 1 fully saturated rings. The fourth-order valence-corrected chi connectivity index (χ4v) is 3.06. The van der Waals surface area contributed by atoms with Crippen LogP contribution in [0.5, 0.6) is 0 Å². The van der Waals surface area contributed by atoms with Crippen molar-refractivity contribution in [2.24, 2.45) is 0 Å². The molecule has 0 aliphatic carbocycles. The maximum Gasteiger partial charge on any atom is 0.409 e. The van der Waals surface area contributed by atoms with E-state index in [1.54, 1.807) is 30.2 Å². The van der Waals surface area contributed by atoms with Crippen molar-refractivity contribution in [2.75, 3.05) is 35.6 Å². The summed E-state index contributed by atoms with van der Waals surface area (Å²) in [4.78, 5) is 29.2. The molecule has 0 saturated carbocycles. The predicted molar refractivity (Wildman–Crippen MR) is 109 cm³/mol. The van der Waals surface area contributed by atoms with Gasteiger partial charge in [0, 0.05) is 37.4 Å². The van der Waals surface area contributed by atoms with Gasteiger partial charge in [0.05, 0.1) is 12.8 Å². The number of hydrogen-bond donors (Lipinski definition) is 3. The molecule has 1 aliphatic rings. The molecular weight excluding hydrogens is 374 g/mol. The maximum atomic E-state index is 11.8. The zero-order valence-corrected chi connectivity index (χ0v) is 16.5. The summed E-state index contributed by atoms with van der Waals surface area (Å²) in [5, 5.41) is 17.2. The van der Waals surface area contributed by atoms with Crippen molar-refractivity contribution in [1.82, 2.24) is 20.1 Å². The summed E-state index contributed by atoms with van der Waals surface area (Å²) in [6.45, 7) is 4.91. The van der Waals surface area contributed by atoms with Crippen molar-refractivity contribution in [3.05, 3.63) is 30.5 Å². The quantitative estimate of drug-likeness (QED) is 0.678. The lowest BCUT2D eigenvalue weighted by Crippen LogP contribution is -2.42. The van der Waals surface area contributed by atoms with Gasteiger partial charge in [-0.1, -0.05) is 6.07 Å². The molecule has 1 aromatic carbocycles. The van der Waals surface area contributed by atoms with Gasteiger partial charge in [-0.2, -0.15) is 10.1 Å². The van der Waals surface area contributed by atoms with Crippen molar-refractivity contribution in [3.63, 3.8) is 0 Å². The number of piperidine rings is 1. The van der Waals surface area contributed by atoms with Crippen molar-refractivity contribution < 1.29 is 14.3 Å². The van der Waals surface area contributed by atoms with Crippen molar-refractivity contribution in [1.29, 1.82) is 0 Å². The highest BCUT2D eigenvalue weighted by Gasteiger charge is 2.23. The number of hydrogen-bond acceptors (Lipinski definition) is 8. The second-order valence-electron chi connectivity index (χ2n) is 6.66. The summed E-state index contributed by atoms with van der Waals surface area (Å²) in [5.74, 6) is 0.814. The Morgan fingerprint density at radius 2 is 2.00 bits per heavy atom. The molecule has 0 bridgehead atoms. The van der Waals surface area contributed by atoms with E-state index in [1.807, 2.05) is 12.1 Å². The average Bonchev–Trinajstić information content (AvgIpc) is 2.69. The van der Waals surface area contributed by atoms with Crippen molar-refractivity contribution in [2.45, 2.75) is 32.7 Å². The van der Waals surface area contributed by atoms with Gasteiger partial charge in [-0.15, -0.1) is 5.10 Å². The largest absolute Gasteiger partial charge is 0.450 e. The first kappa shape index (κ1) is 20.3. The first-order chi connectivity index (χ1) is 14.0. The number of aromatic nitrogens is 3. The average molecular weight is 399 g/mol. The molecule has 1 saturated heterocycles. The van der Waals surface area contributed by atoms with Crippen LogP contribution in [0.2, 0.25) is 0 Å². The second kappa shape index (κ2) is 9.67. The number of anilines is 4. The van der Waals surface area contributed by atoms with Gasteiger partial charge in [0.15, 0.2) is 5.82 Å². The molecule has 2 amide bonds. The van der Waals surface area contributed by atoms with E-state index < -0.39 is 0 Å². The first-order valence-electron chi connectivity index (χ1n) is 9.56. The molecule has 10 heteroatoms. The van der Waals surface area contributed by atoms with Gasteiger partial charge in [0.2, 0.25) is 11.9 Å². The minimum absolute atomic E-state index is 0.139. The van der Waals surface area contributed by atoms with Crippen LogP contribution in [0.3, 0.4) is 0 Å². The van der Waals surface area contributed by atoms with Crippen LogP contribution in [0, 0.1) is 0 Å². The molecule has 2 heterocycles. The lowest BCUT2D eigenvalue weighted by atomic mass is 10.1. The highest BCUT2D eigenvalue weighted by molar-refractivity contribution is 5.89. The SMILES string of the molecule is CCOC(=O)N1CCC(Nc2cnnc(Nc3cccc(NC(C)=O)c3)n2)CC1. The van der Waals surface area contributed by atoms with E-state index in [0.717, 1.165) is 18.5 Å². The number of nitrogens with one attached hydrogen (secondary N) is 3. The molecule has 0 atom stereocenters. The van der Waals surface area contributed by atoms with E-state index in [-0.39, 0.29) is 18.0 Å². The fourth-order valence-electron chi connectivity index (χ4n) is 3.06. The van der Waals surface area contributed by atoms with E-state index in [9.17, 15) is 9.59 Å². The lowest BCUT2D eigenvalue weighted by Gasteiger charge is -2.31. The Morgan fingerprint density at radius 1 is 1.24 bits per heavy atom. The third-order valence-corrected chi connectivity index (χ3v) is 4.37. The van der Waals surface area contributed by atoms with E-state index in [1.165, 1.54) is 6.92 Å². The molecule has 3 rings (SSSR count). The van der Waals surface area contributed by atoms with Crippen molar-refractivity contribution in [3.8, 4) is 0 Å². The van der Waals surface area contributed by atoms with E-state index in [0.29, 0.717) is 37.1 Å². The zero-order chi connectivity index (χ0) is 20.6. The molecule has 1 aliphatic heterocycles. The van der Waals surface area contributed by atoms with Crippen LogP contribution in [0.25, 0.3) is 0 Å². The molecule has 0 radical (unpaired) electrons. The summed E-state index contributed by atoms with van der Waals surface area (Å²) < 4.78 is 5.04. The van der Waals surface area contributed by atoms with Crippen LogP contribution in [-0.2, 0) is 9.53 Å². The summed E-state index contributed by atoms with van der Waals surface area (Å²) in [6.07, 6.45) is 2.90. The normalized spacial score (nSPS) is 14.2. The number of likely N-dealkylation sites (tertiary alicyclic amines) is 1. The molecule has 154 valence electrons. The van der Waals surface area contributed by atoms with Gasteiger partial charge in [0.25, 0.3) is 0 Å². The Balaban J connectivity index is 1.56. The number of benzene rings is 1. The van der Waals surface area contributed by atoms with E-state index in [4.69, 9.17) is 4.74 Å². The standard InChI is InChI=1S/C19H25N7O3/c1-3-29-19(28)26-9-7-14(8-10-26)22-17-12-20-25-18(24-17)23-16-6-4-5-15(11-16)21-13(2)27/h4-6,11-12,14H,3,7-10H2,1-2H3,(H,21,27)(H2,22,23,24,25). The van der Waals surface area contributed by atoms with Gasteiger partial charge in [-0.3, -0.25) is 4.79 Å². The molecule has 0 unspecified atom stereocenters. The molecule has 29 heavy (non-hydrogen) atoms. The third kappa shape index (κ3) is 6.03. The van der Waals surface area contributed by atoms with Crippen LogP contribution >= 0.6 is 0 Å². The maximum absolute atomic E-state index is 11.8. The topological polar surface area (TPSA) is 121 Å². The Kier molecular flexibility index (Phi) is 6.77. The molecule has 3 N–H and O–H groups in total. The third-order valence-electron chi connectivity index (χ3n) is 4.37. The number of nitrogens with zero attached hydrogens (tertiary/aromatic N) is 4. The van der Waals surface area contributed by atoms with E-state index in [2.05, 4.69) is 31.1 Å². The van der Waals surface area contributed by atoms with Gasteiger partial charge in [0.1, 0.15) is 0 Å². The Bertz CT molecular complexity index is 853. The number of carbonyl (C=O) groups is 2. The molecule has 2 aromatic rings. The highest BCUT2D eigenvalue weighted by Crippen LogP contribution is 2.20. The van der Waals surface area contributed by atoms with Crippen molar-refractivity contribution >= 4 is 35.1 Å². The summed E-state index contributed by atoms with van der Waals surface area (Å²) in [7, 11) is 0. The van der Waals surface area contributed by atoms with Gasteiger partial charge in [-0.25, -0.2) is 4.79 Å². The van der Waals surface area contributed by atoms with Gasteiger partial charge < -0.3 is 25.6 Å². The van der Waals surface area contributed by atoms with Gasteiger partial charge >= 0.3 is 6.09 Å². The zero-order valence-electron chi connectivity index (χ0n) is 16.5. The Morgan fingerprint density at radius 3 is 2.72 bits per heavy atom. The van der Waals surface area contributed by atoms with Crippen LogP contribution in [0.1, 0.15) is 26.7 Å². The number of carbonyl (C=O) groups excluding carboxylic acids is 2. The molecule has 0 spiro atoms. The Labute approximate surface area is 169 Å². The summed E-state index contributed by atoms with van der Waals surface area (Å²) in [5.41, 5.74) is 1.41. The predicted octanol–water partition coefficient (Wildman–Crippen LogP) is 2.61. The lowest BCUT2D eigenvalue weighted by molar-refractivity contribution is -0.114. The minimum Gasteiger partial charge on any atom is -0.450 e. The molecule has 10 nitrogen and oxygen atoms in total. The number of ether oxygens (including phenoxy) is 1. The van der Waals surface area contributed by atoms with Gasteiger partial charge in [-0.05, 0) is 38.0 Å². The Hall–Kier alpha value is -3.43. The highest BCUT2D eigenvalue weighted by atomic mass is 16.6. The smallest absolute Gasteiger partial charge is 0.409 e. The first-order valence-corrected chi connectivity index (χ1v) is 9.56. The van der Waals surface area contributed by atoms with Crippen LogP contribution < -0.4 is 16.0 Å². The minimum atomic E-state index is -0.261. The van der Waals surface area contributed by atoms with Crippen LogP contribution in [-0.4, -0.2) is 57.8 Å². The molecular formula is C19H25N7O3. The van der Waals surface area contributed by atoms with Crippen LogP contribution in [0.15, 0.2) is 30.5 Å².